The van der Waals surface area contributed by atoms with Gasteiger partial charge in [-0.25, -0.2) is 9.89 Å². The molecule has 0 spiro atoms. The van der Waals surface area contributed by atoms with Crippen molar-refractivity contribution in [2.45, 2.75) is 10.9 Å². The summed E-state index contributed by atoms with van der Waals surface area (Å²) in [6, 6.07) is 17.1. The molecule has 0 aliphatic rings. The lowest BCUT2D eigenvalue weighted by Gasteiger charge is -2.06. The summed E-state index contributed by atoms with van der Waals surface area (Å²) < 4.78 is 7.17. The lowest BCUT2D eigenvalue weighted by Crippen LogP contribution is -2.10. The number of benzene rings is 2. The standard InChI is InChI=1S/C18H16N4O3S2/c23-16(24)11-25-15-9-5-4-8-14(15)10-19-22-17(26)20-21-18(22)27-12-13-6-2-1-3-7-13/h1-10H,11-12H2,(H,20,26)(H,23,24)/b19-10-. The molecule has 3 rings (SSSR count). The fourth-order valence-electron chi connectivity index (χ4n) is 2.17. The predicted molar refractivity (Wildman–Crippen MR) is 106 cm³/mol. The maximum absolute atomic E-state index is 10.7. The number of hydrogen-bond donors (Lipinski definition) is 2. The van der Waals surface area contributed by atoms with Gasteiger partial charge in [0.15, 0.2) is 6.61 Å². The fourth-order valence-corrected chi connectivity index (χ4v) is 3.27. The van der Waals surface area contributed by atoms with Crippen LogP contribution in [0.25, 0.3) is 0 Å². The molecule has 138 valence electrons. The van der Waals surface area contributed by atoms with E-state index in [2.05, 4.69) is 15.3 Å². The highest BCUT2D eigenvalue weighted by Crippen LogP contribution is 2.21. The number of H-pyrrole nitrogens is 1. The zero-order chi connectivity index (χ0) is 19.1. The topological polar surface area (TPSA) is 92.5 Å². The molecule has 0 atom stereocenters. The van der Waals surface area contributed by atoms with Gasteiger partial charge in [0.05, 0.1) is 6.21 Å². The molecule has 1 aromatic heterocycles. The van der Waals surface area contributed by atoms with E-state index in [0.29, 0.717) is 21.2 Å². The molecule has 0 saturated carbocycles. The maximum Gasteiger partial charge on any atom is 0.341 e. The van der Waals surface area contributed by atoms with Crippen LogP contribution in [0.3, 0.4) is 0 Å². The summed E-state index contributed by atoms with van der Waals surface area (Å²) in [5, 5.41) is 20.7. The molecule has 2 N–H and O–H groups in total. The summed E-state index contributed by atoms with van der Waals surface area (Å²) in [6.45, 7) is -0.422. The van der Waals surface area contributed by atoms with Crippen molar-refractivity contribution in [3.63, 3.8) is 0 Å². The van der Waals surface area contributed by atoms with Gasteiger partial charge in [0.25, 0.3) is 0 Å². The van der Waals surface area contributed by atoms with Gasteiger partial charge in [0.1, 0.15) is 5.75 Å². The number of aromatic amines is 1. The van der Waals surface area contributed by atoms with Crippen LogP contribution < -0.4 is 4.74 Å². The minimum atomic E-state index is -1.04. The Balaban J connectivity index is 1.77. The second kappa shape index (κ2) is 9.15. The first-order chi connectivity index (χ1) is 13.1. The van der Waals surface area contributed by atoms with Gasteiger partial charge in [-0.05, 0) is 29.9 Å². The molecular formula is C18H16N4O3S2. The molecule has 0 saturated heterocycles. The van der Waals surface area contributed by atoms with Gasteiger partial charge in [-0.2, -0.15) is 9.78 Å². The highest BCUT2D eigenvalue weighted by molar-refractivity contribution is 7.98. The number of ether oxygens (including phenoxy) is 1. The zero-order valence-electron chi connectivity index (χ0n) is 14.1. The molecule has 3 aromatic rings. The average Bonchev–Trinajstić information content (AvgIpc) is 3.04. The molecule has 0 radical (unpaired) electrons. The van der Waals surface area contributed by atoms with Crippen molar-refractivity contribution >= 4 is 36.2 Å². The van der Waals surface area contributed by atoms with Gasteiger partial charge in [0, 0.05) is 11.3 Å². The number of thioether (sulfide) groups is 1. The molecule has 0 aliphatic heterocycles. The first-order valence-corrected chi connectivity index (χ1v) is 9.35. The number of nitrogens with zero attached hydrogens (tertiary/aromatic N) is 3. The number of aliphatic carboxylic acids is 1. The second-order valence-corrected chi connectivity index (χ2v) is 6.69. The number of carbonyl (C=O) groups is 1. The number of para-hydroxylation sites is 1. The summed E-state index contributed by atoms with van der Waals surface area (Å²) in [5.74, 6) is 0.115. The lowest BCUT2D eigenvalue weighted by molar-refractivity contribution is -0.139. The number of carboxylic acid groups (broad SMARTS) is 1. The first-order valence-electron chi connectivity index (χ1n) is 7.95. The quantitative estimate of drug-likeness (QED) is 0.341. The molecule has 0 bridgehead atoms. The van der Waals surface area contributed by atoms with Crippen molar-refractivity contribution < 1.29 is 14.6 Å². The summed E-state index contributed by atoms with van der Waals surface area (Å²) >= 11 is 6.75. The van der Waals surface area contributed by atoms with Crippen molar-refractivity contribution in [1.29, 1.82) is 0 Å². The van der Waals surface area contributed by atoms with Crippen molar-refractivity contribution in [2.24, 2.45) is 5.10 Å². The molecule has 0 fully saturated rings. The molecule has 9 heteroatoms. The van der Waals surface area contributed by atoms with Crippen LogP contribution in [0, 0.1) is 4.77 Å². The Morgan fingerprint density at radius 2 is 2.00 bits per heavy atom. The van der Waals surface area contributed by atoms with Crippen molar-refractivity contribution in [1.82, 2.24) is 14.9 Å². The highest BCUT2D eigenvalue weighted by atomic mass is 32.2. The van der Waals surface area contributed by atoms with Crippen LogP contribution in [0.2, 0.25) is 0 Å². The highest BCUT2D eigenvalue weighted by Gasteiger charge is 2.08. The van der Waals surface area contributed by atoms with E-state index in [0.717, 1.165) is 5.75 Å². The zero-order valence-corrected chi connectivity index (χ0v) is 15.7. The van der Waals surface area contributed by atoms with Crippen molar-refractivity contribution in [2.75, 3.05) is 6.61 Å². The Kier molecular flexibility index (Phi) is 6.39. The number of aromatic nitrogens is 3. The average molecular weight is 400 g/mol. The number of hydrogen-bond acceptors (Lipinski definition) is 6. The smallest absolute Gasteiger partial charge is 0.341 e. The van der Waals surface area contributed by atoms with E-state index in [1.54, 1.807) is 24.4 Å². The summed E-state index contributed by atoms with van der Waals surface area (Å²) in [5.41, 5.74) is 1.81. The van der Waals surface area contributed by atoms with Crippen LogP contribution in [-0.4, -0.2) is 38.8 Å². The predicted octanol–water partition coefficient (Wildman–Crippen LogP) is 3.58. The van der Waals surface area contributed by atoms with Crippen LogP contribution in [0.5, 0.6) is 5.75 Å². The van der Waals surface area contributed by atoms with Crippen LogP contribution in [0.15, 0.2) is 64.9 Å². The Morgan fingerprint density at radius 1 is 1.26 bits per heavy atom. The Morgan fingerprint density at radius 3 is 2.78 bits per heavy atom. The fraction of sp³-hybridized carbons (Fsp3) is 0.111. The molecule has 2 aromatic carbocycles. The van der Waals surface area contributed by atoms with Crippen LogP contribution in [-0.2, 0) is 10.5 Å². The lowest BCUT2D eigenvalue weighted by atomic mass is 10.2. The first kappa shape index (κ1) is 18.9. The van der Waals surface area contributed by atoms with Gasteiger partial charge in [-0.15, -0.1) is 5.10 Å². The maximum atomic E-state index is 10.7. The molecular weight excluding hydrogens is 384 g/mol. The molecule has 0 unspecified atom stereocenters. The van der Waals surface area contributed by atoms with E-state index in [9.17, 15) is 4.79 Å². The van der Waals surface area contributed by atoms with E-state index < -0.39 is 12.6 Å². The largest absolute Gasteiger partial charge is 0.481 e. The van der Waals surface area contributed by atoms with Crippen LogP contribution >= 0.6 is 24.0 Å². The molecule has 7 nitrogen and oxygen atoms in total. The summed E-state index contributed by atoms with van der Waals surface area (Å²) in [6.07, 6.45) is 1.56. The number of nitrogens with one attached hydrogen (secondary N) is 1. The Bertz CT molecular complexity index is 999. The Labute approximate surface area is 164 Å². The minimum Gasteiger partial charge on any atom is -0.481 e. The monoisotopic (exact) mass is 400 g/mol. The number of carboxylic acids is 1. The normalized spacial score (nSPS) is 11.0. The van der Waals surface area contributed by atoms with Crippen LogP contribution in [0.4, 0.5) is 0 Å². The minimum absolute atomic E-state index is 0.366. The molecule has 0 aliphatic carbocycles. The van der Waals surface area contributed by atoms with Gasteiger partial charge >= 0.3 is 5.97 Å². The SMILES string of the molecule is O=C(O)COc1ccccc1/C=N\n1c(SCc2ccccc2)n[nH]c1=S. The molecule has 27 heavy (non-hydrogen) atoms. The van der Waals surface area contributed by atoms with Gasteiger partial charge in [-0.1, -0.05) is 54.2 Å². The third-order valence-corrected chi connectivity index (χ3v) is 4.68. The van der Waals surface area contributed by atoms with Crippen molar-refractivity contribution in [3.05, 3.63) is 70.5 Å². The summed E-state index contributed by atoms with van der Waals surface area (Å²) in [7, 11) is 0. The molecule has 0 amide bonds. The van der Waals surface area contributed by atoms with E-state index in [4.69, 9.17) is 22.1 Å². The van der Waals surface area contributed by atoms with E-state index in [-0.39, 0.29) is 0 Å². The third kappa shape index (κ3) is 5.28. The van der Waals surface area contributed by atoms with Gasteiger partial charge in [-0.3, -0.25) is 0 Å². The second-order valence-electron chi connectivity index (χ2n) is 5.36. The Hall–Kier alpha value is -2.91. The van der Waals surface area contributed by atoms with Gasteiger partial charge in [0.2, 0.25) is 9.93 Å². The van der Waals surface area contributed by atoms with E-state index in [1.807, 2.05) is 36.4 Å². The van der Waals surface area contributed by atoms with E-state index in [1.165, 1.54) is 22.0 Å². The third-order valence-electron chi connectivity index (χ3n) is 3.41. The van der Waals surface area contributed by atoms with Crippen molar-refractivity contribution in [3.8, 4) is 5.75 Å². The molecule has 1 heterocycles. The van der Waals surface area contributed by atoms with Crippen LogP contribution in [0.1, 0.15) is 11.1 Å². The summed E-state index contributed by atoms with van der Waals surface area (Å²) in [4.78, 5) is 10.7. The number of rotatable bonds is 8. The van der Waals surface area contributed by atoms with E-state index >= 15 is 0 Å². The van der Waals surface area contributed by atoms with Gasteiger partial charge < -0.3 is 9.84 Å².